The number of nitrogens with zero attached hydrogens (tertiary/aromatic N) is 1. The summed E-state index contributed by atoms with van der Waals surface area (Å²) < 4.78 is 32.3. The van der Waals surface area contributed by atoms with E-state index in [1.54, 1.807) is 0 Å². The predicted molar refractivity (Wildman–Crippen MR) is 100.0 cm³/mol. The SMILES string of the molecule is O=C(COc1ccc(S(=O)(=O)N2CCCCC2)cc1Cl)NC1CCCC1. The number of benzene rings is 1. The number of sulfonamides is 1. The first-order chi connectivity index (χ1) is 12.5. The molecule has 2 aliphatic rings. The molecule has 0 bridgehead atoms. The minimum absolute atomic E-state index is 0.131. The van der Waals surface area contributed by atoms with Gasteiger partial charge in [-0.05, 0) is 43.9 Å². The maximum absolute atomic E-state index is 12.7. The van der Waals surface area contributed by atoms with Crippen molar-refractivity contribution in [3.8, 4) is 5.75 Å². The van der Waals surface area contributed by atoms with Crippen molar-refractivity contribution < 1.29 is 17.9 Å². The molecule has 144 valence electrons. The molecule has 1 heterocycles. The normalized spacial score (nSPS) is 19.4. The number of carbonyl (C=O) groups is 1. The molecule has 1 aliphatic carbocycles. The summed E-state index contributed by atoms with van der Waals surface area (Å²) in [5.41, 5.74) is 0. The number of halogens is 1. The summed E-state index contributed by atoms with van der Waals surface area (Å²) in [4.78, 5) is 12.1. The largest absolute Gasteiger partial charge is 0.482 e. The highest BCUT2D eigenvalue weighted by atomic mass is 35.5. The highest BCUT2D eigenvalue weighted by Gasteiger charge is 2.26. The fourth-order valence-electron chi connectivity index (χ4n) is 3.50. The standard InChI is InChI=1S/C18H25ClN2O4S/c19-16-12-15(26(23,24)21-10-4-1-5-11-21)8-9-17(16)25-13-18(22)20-14-6-2-3-7-14/h8-9,12,14H,1-7,10-11,13H2,(H,20,22). The first kappa shape index (κ1) is 19.5. The smallest absolute Gasteiger partial charge is 0.258 e. The van der Waals surface area contributed by atoms with Crippen molar-refractivity contribution in [2.45, 2.75) is 55.9 Å². The van der Waals surface area contributed by atoms with E-state index in [9.17, 15) is 13.2 Å². The summed E-state index contributed by atoms with van der Waals surface area (Å²) in [6.07, 6.45) is 7.12. The molecule has 1 aliphatic heterocycles. The Bertz CT molecular complexity index is 742. The number of rotatable bonds is 6. The summed E-state index contributed by atoms with van der Waals surface area (Å²) >= 11 is 6.19. The minimum atomic E-state index is -3.53. The molecule has 1 amide bonds. The zero-order chi connectivity index (χ0) is 18.6. The van der Waals surface area contributed by atoms with E-state index in [1.807, 2.05) is 0 Å². The topological polar surface area (TPSA) is 75.7 Å². The van der Waals surface area contributed by atoms with Crippen LogP contribution in [-0.2, 0) is 14.8 Å². The zero-order valence-electron chi connectivity index (χ0n) is 14.7. The fraction of sp³-hybridized carbons (Fsp3) is 0.611. The Balaban J connectivity index is 1.60. The van der Waals surface area contributed by atoms with Crippen molar-refractivity contribution in [2.24, 2.45) is 0 Å². The lowest BCUT2D eigenvalue weighted by Crippen LogP contribution is -2.36. The van der Waals surface area contributed by atoms with Crippen molar-refractivity contribution in [3.63, 3.8) is 0 Å². The molecular weight excluding hydrogens is 376 g/mol. The maximum Gasteiger partial charge on any atom is 0.258 e. The third-order valence-electron chi connectivity index (χ3n) is 4.94. The molecule has 0 unspecified atom stereocenters. The van der Waals surface area contributed by atoms with Crippen LogP contribution in [-0.4, -0.2) is 44.4 Å². The van der Waals surface area contributed by atoms with E-state index >= 15 is 0 Å². The first-order valence-electron chi connectivity index (χ1n) is 9.19. The van der Waals surface area contributed by atoms with E-state index in [0.29, 0.717) is 18.8 Å². The summed E-state index contributed by atoms with van der Waals surface area (Å²) in [6.45, 7) is 0.952. The molecule has 6 nitrogen and oxygen atoms in total. The second-order valence-electron chi connectivity index (χ2n) is 6.89. The van der Waals surface area contributed by atoms with Gasteiger partial charge in [-0.1, -0.05) is 30.9 Å². The lowest BCUT2D eigenvalue weighted by molar-refractivity contribution is -0.123. The third-order valence-corrected chi connectivity index (χ3v) is 7.13. The first-order valence-corrected chi connectivity index (χ1v) is 11.0. The van der Waals surface area contributed by atoms with Crippen LogP contribution in [0.5, 0.6) is 5.75 Å². The summed E-state index contributed by atoms with van der Waals surface area (Å²) in [6, 6.07) is 4.64. The van der Waals surface area contributed by atoms with E-state index < -0.39 is 10.0 Å². The Kier molecular flexibility index (Phi) is 6.42. The average Bonchev–Trinajstić information content (AvgIpc) is 3.14. The van der Waals surface area contributed by atoms with E-state index in [2.05, 4.69) is 5.32 Å². The van der Waals surface area contributed by atoms with Gasteiger partial charge < -0.3 is 10.1 Å². The van der Waals surface area contributed by atoms with Crippen LogP contribution < -0.4 is 10.1 Å². The van der Waals surface area contributed by atoms with Crippen LogP contribution in [0.2, 0.25) is 5.02 Å². The lowest BCUT2D eigenvalue weighted by Gasteiger charge is -2.26. The third kappa shape index (κ3) is 4.69. The molecular formula is C18H25ClN2O4S. The number of ether oxygens (including phenoxy) is 1. The van der Waals surface area contributed by atoms with Crippen LogP contribution >= 0.6 is 11.6 Å². The van der Waals surface area contributed by atoms with Gasteiger partial charge in [-0.25, -0.2) is 8.42 Å². The molecule has 1 N–H and O–H groups in total. The molecule has 1 saturated carbocycles. The Labute approximate surface area is 159 Å². The van der Waals surface area contributed by atoms with Gasteiger partial charge >= 0.3 is 0 Å². The quantitative estimate of drug-likeness (QED) is 0.796. The highest BCUT2D eigenvalue weighted by Crippen LogP contribution is 2.29. The van der Waals surface area contributed by atoms with Gasteiger partial charge in [-0.2, -0.15) is 4.31 Å². The van der Waals surface area contributed by atoms with Crippen LogP contribution in [0.4, 0.5) is 0 Å². The predicted octanol–water partition coefficient (Wildman–Crippen LogP) is 2.95. The second-order valence-corrected chi connectivity index (χ2v) is 9.24. The van der Waals surface area contributed by atoms with Gasteiger partial charge in [0.1, 0.15) is 5.75 Å². The number of piperidine rings is 1. The highest BCUT2D eigenvalue weighted by molar-refractivity contribution is 7.89. The van der Waals surface area contributed by atoms with Crippen molar-refractivity contribution in [2.75, 3.05) is 19.7 Å². The molecule has 8 heteroatoms. The van der Waals surface area contributed by atoms with Gasteiger partial charge in [0, 0.05) is 19.1 Å². The molecule has 0 aromatic heterocycles. The monoisotopic (exact) mass is 400 g/mol. The van der Waals surface area contributed by atoms with Gasteiger partial charge in [-0.3, -0.25) is 4.79 Å². The molecule has 1 saturated heterocycles. The van der Waals surface area contributed by atoms with Crippen molar-refractivity contribution in [3.05, 3.63) is 23.2 Å². The lowest BCUT2D eigenvalue weighted by atomic mass is 10.2. The summed E-state index contributed by atoms with van der Waals surface area (Å²) in [5, 5.41) is 3.13. The second kappa shape index (κ2) is 8.59. The van der Waals surface area contributed by atoms with Crippen molar-refractivity contribution >= 4 is 27.5 Å². The summed E-state index contributed by atoms with van der Waals surface area (Å²) in [5.74, 6) is 0.129. The van der Waals surface area contributed by atoms with E-state index in [0.717, 1.165) is 44.9 Å². The number of hydrogen-bond donors (Lipinski definition) is 1. The van der Waals surface area contributed by atoms with Crippen LogP contribution in [0.15, 0.2) is 23.1 Å². The number of amides is 1. The number of hydrogen-bond acceptors (Lipinski definition) is 4. The van der Waals surface area contributed by atoms with E-state index in [-0.39, 0.29) is 28.5 Å². The Morgan fingerprint density at radius 3 is 2.50 bits per heavy atom. The van der Waals surface area contributed by atoms with Gasteiger partial charge in [-0.15, -0.1) is 0 Å². The summed E-state index contributed by atoms with van der Waals surface area (Å²) in [7, 11) is -3.53. The molecule has 0 radical (unpaired) electrons. The van der Waals surface area contributed by atoms with Gasteiger partial charge in [0.15, 0.2) is 6.61 Å². The molecule has 0 atom stereocenters. The van der Waals surface area contributed by atoms with Gasteiger partial charge in [0.2, 0.25) is 10.0 Å². The molecule has 2 fully saturated rings. The Morgan fingerprint density at radius 2 is 1.85 bits per heavy atom. The van der Waals surface area contributed by atoms with Crippen LogP contribution in [0.3, 0.4) is 0 Å². The molecule has 26 heavy (non-hydrogen) atoms. The fourth-order valence-corrected chi connectivity index (χ4v) is 5.34. The van der Waals surface area contributed by atoms with Crippen molar-refractivity contribution in [1.82, 2.24) is 9.62 Å². The maximum atomic E-state index is 12.7. The number of carbonyl (C=O) groups excluding carboxylic acids is 1. The molecule has 1 aromatic rings. The van der Waals surface area contributed by atoms with Crippen LogP contribution in [0.25, 0.3) is 0 Å². The van der Waals surface area contributed by atoms with Crippen LogP contribution in [0, 0.1) is 0 Å². The van der Waals surface area contributed by atoms with E-state index in [4.69, 9.17) is 16.3 Å². The molecule has 0 spiro atoms. The molecule has 1 aromatic carbocycles. The Morgan fingerprint density at radius 1 is 1.15 bits per heavy atom. The van der Waals surface area contributed by atoms with Crippen LogP contribution in [0.1, 0.15) is 44.9 Å². The zero-order valence-corrected chi connectivity index (χ0v) is 16.3. The molecule has 3 rings (SSSR count). The minimum Gasteiger partial charge on any atom is -0.482 e. The Hall–Kier alpha value is -1.31. The van der Waals surface area contributed by atoms with Gasteiger partial charge in [0.25, 0.3) is 5.91 Å². The van der Waals surface area contributed by atoms with E-state index in [1.165, 1.54) is 22.5 Å². The van der Waals surface area contributed by atoms with Gasteiger partial charge in [0.05, 0.1) is 9.92 Å². The average molecular weight is 401 g/mol. The van der Waals surface area contributed by atoms with Crippen molar-refractivity contribution in [1.29, 1.82) is 0 Å². The number of nitrogens with one attached hydrogen (secondary N) is 1.